The van der Waals surface area contributed by atoms with E-state index in [9.17, 15) is 9.59 Å². The molecule has 2 aliphatic rings. The number of fused-ring (bicyclic) bond motifs is 2. The third-order valence-corrected chi connectivity index (χ3v) is 3.24. The summed E-state index contributed by atoms with van der Waals surface area (Å²) in [6, 6.07) is 0.353. The molecule has 2 fully saturated rings. The third kappa shape index (κ3) is 1.29. The van der Waals surface area contributed by atoms with Crippen molar-refractivity contribution in [2.75, 3.05) is 6.61 Å². The summed E-state index contributed by atoms with van der Waals surface area (Å²) >= 11 is 0. The zero-order valence-corrected chi connectivity index (χ0v) is 8.31. The van der Waals surface area contributed by atoms with Gasteiger partial charge in [-0.25, -0.2) is 4.79 Å². The van der Waals surface area contributed by atoms with Gasteiger partial charge in [0.2, 0.25) is 0 Å². The molecule has 2 heterocycles. The molecule has 2 aliphatic heterocycles. The highest BCUT2D eigenvalue weighted by atomic mass is 16.6. The van der Waals surface area contributed by atoms with Crippen LogP contribution in [0.5, 0.6) is 0 Å². The van der Waals surface area contributed by atoms with E-state index in [4.69, 9.17) is 4.74 Å². The van der Waals surface area contributed by atoms with E-state index >= 15 is 0 Å². The highest BCUT2D eigenvalue weighted by Gasteiger charge is 2.49. The number of hydrogen-bond acceptors (Lipinski definition) is 3. The summed E-state index contributed by atoms with van der Waals surface area (Å²) in [6.45, 7) is 2.20. The van der Waals surface area contributed by atoms with Gasteiger partial charge in [-0.2, -0.15) is 0 Å². The van der Waals surface area contributed by atoms with E-state index in [1.165, 1.54) is 0 Å². The summed E-state index contributed by atoms with van der Waals surface area (Å²) in [7, 11) is 0. The van der Waals surface area contributed by atoms with Gasteiger partial charge in [0.05, 0.1) is 6.61 Å². The summed E-state index contributed by atoms with van der Waals surface area (Å²) in [5, 5.41) is 0. The van der Waals surface area contributed by atoms with Gasteiger partial charge >= 0.3 is 6.09 Å². The van der Waals surface area contributed by atoms with Crippen LogP contribution >= 0.6 is 0 Å². The topological polar surface area (TPSA) is 46.6 Å². The predicted octanol–water partition coefficient (Wildman–Crippen LogP) is 1.19. The molecular formula is C10H15NO3. The molecular weight excluding hydrogens is 182 g/mol. The van der Waals surface area contributed by atoms with Gasteiger partial charge in [-0.15, -0.1) is 0 Å². The summed E-state index contributed by atoms with van der Waals surface area (Å²) in [5.41, 5.74) is 0. The Hall–Kier alpha value is -1.06. The van der Waals surface area contributed by atoms with Gasteiger partial charge in [-0.3, -0.25) is 0 Å². The number of aldehydes is 1. The van der Waals surface area contributed by atoms with Crippen molar-refractivity contribution >= 4 is 12.4 Å². The number of nitrogens with zero attached hydrogens (tertiary/aromatic N) is 1. The van der Waals surface area contributed by atoms with Crippen molar-refractivity contribution in [2.45, 2.75) is 38.3 Å². The number of carbonyl (C=O) groups excluding carboxylic acids is 2. The lowest BCUT2D eigenvalue weighted by Gasteiger charge is -2.21. The van der Waals surface area contributed by atoms with Gasteiger partial charge in [0, 0.05) is 18.0 Å². The van der Waals surface area contributed by atoms with Crippen LogP contribution in [0.3, 0.4) is 0 Å². The van der Waals surface area contributed by atoms with Crippen LogP contribution in [0.1, 0.15) is 26.2 Å². The largest absolute Gasteiger partial charge is 0.450 e. The van der Waals surface area contributed by atoms with Gasteiger partial charge in [0.25, 0.3) is 0 Å². The Morgan fingerprint density at radius 3 is 2.93 bits per heavy atom. The van der Waals surface area contributed by atoms with E-state index in [-0.39, 0.29) is 24.1 Å². The number of ether oxygens (including phenoxy) is 1. The monoisotopic (exact) mass is 197 g/mol. The standard InChI is InChI=1S/C10H15NO3/c1-2-14-10(13)11-8-3-4-9(11)7(5-8)6-12/h6-9H,2-5H2,1H3. The quantitative estimate of drug-likeness (QED) is 0.625. The molecule has 0 N–H and O–H groups in total. The summed E-state index contributed by atoms with van der Waals surface area (Å²) in [5.74, 6) is 0.0400. The molecule has 3 atom stereocenters. The lowest BCUT2D eigenvalue weighted by atomic mass is 9.90. The van der Waals surface area contributed by atoms with Crippen LogP contribution in [0.25, 0.3) is 0 Å². The van der Waals surface area contributed by atoms with Crippen LogP contribution < -0.4 is 0 Å². The Labute approximate surface area is 83.2 Å². The SMILES string of the molecule is CCOC(=O)N1C2CCC1C(C=O)C2. The first-order valence-electron chi connectivity index (χ1n) is 5.18. The van der Waals surface area contributed by atoms with Gasteiger partial charge < -0.3 is 14.4 Å². The summed E-state index contributed by atoms with van der Waals surface area (Å²) in [6.07, 6.45) is 3.54. The van der Waals surface area contributed by atoms with E-state index in [2.05, 4.69) is 0 Å². The molecule has 78 valence electrons. The zero-order chi connectivity index (χ0) is 10.1. The van der Waals surface area contributed by atoms with Gasteiger partial charge in [0.15, 0.2) is 0 Å². The average Bonchev–Trinajstić information content (AvgIpc) is 2.74. The van der Waals surface area contributed by atoms with Crippen LogP contribution in [0.2, 0.25) is 0 Å². The Morgan fingerprint density at radius 2 is 2.36 bits per heavy atom. The number of hydrogen-bond donors (Lipinski definition) is 0. The molecule has 2 rings (SSSR count). The van der Waals surface area contributed by atoms with E-state index in [0.717, 1.165) is 25.5 Å². The molecule has 0 saturated carbocycles. The molecule has 4 nitrogen and oxygen atoms in total. The highest BCUT2D eigenvalue weighted by Crippen LogP contribution is 2.40. The Balaban J connectivity index is 2.07. The van der Waals surface area contributed by atoms with Crippen molar-refractivity contribution in [3.8, 4) is 0 Å². The van der Waals surface area contributed by atoms with Crippen molar-refractivity contribution in [2.24, 2.45) is 5.92 Å². The van der Waals surface area contributed by atoms with Crippen molar-refractivity contribution < 1.29 is 14.3 Å². The van der Waals surface area contributed by atoms with Gasteiger partial charge in [-0.05, 0) is 26.2 Å². The van der Waals surface area contributed by atoms with Crippen LogP contribution in [0.15, 0.2) is 0 Å². The van der Waals surface area contributed by atoms with Gasteiger partial charge in [-0.1, -0.05) is 0 Å². The lowest BCUT2D eigenvalue weighted by Crippen LogP contribution is -2.37. The molecule has 3 unspecified atom stereocenters. The van der Waals surface area contributed by atoms with Crippen LogP contribution in [-0.2, 0) is 9.53 Å². The maximum Gasteiger partial charge on any atom is 0.410 e. The number of amides is 1. The summed E-state index contributed by atoms with van der Waals surface area (Å²) in [4.78, 5) is 24.1. The predicted molar refractivity (Wildman–Crippen MR) is 49.8 cm³/mol. The smallest absolute Gasteiger partial charge is 0.410 e. The van der Waals surface area contributed by atoms with Crippen molar-refractivity contribution in [1.29, 1.82) is 0 Å². The van der Waals surface area contributed by atoms with Crippen molar-refractivity contribution in [3.05, 3.63) is 0 Å². The first-order valence-corrected chi connectivity index (χ1v) is 5.18. The third-order valence-electron chi connectivity index (χ3n) is 3.24. The Kier molecular flexibility index (Phi) is 2.44. The Bertz CT molecular complexity index is 254. The second-order valence-electron chi connectivity index (χ2n) is 3.94. The van der Waals surface area contributed by atoms with Crippen molar-refractivity contribution in [1.82, 2.24) is 4.90 Å². The maximum absolute atomic E-state index is 11.6. The molecule has 0 spiro atoms. The fraction of sp³-hybridized carbons (Fsp3) is 0.800. The number of carbonyl (C=O) groups is 2. The molecule has 4 heteroatoms. The van der Waals surface area contributed by atoms with E-state index in [1.807, 2.05) is 0 Å². The van der Waals surface area contributed by atoms with E-state index in [0.29, 0.717) is 6.61 Å². The molecule has 0 aliphatic carbocycles. The first-order chi connectivity index (χ1) is 6.77. The maximum atomic E-state index is 11.6. The zero-order valence-electron chi connectivity index (χ0n) is 8.31. The second kappa shape index (κ2) is 3.59. The summed E-state index contributed by atoms with van der Waals surface area (Å²) < 4.78 is 4.97. The molecule has 1 amide bonds. The minimum absolute atomic E-state index is 0.0400. The van der Waals surface area contributed by atoms with Crippen molar-refractivity contribution in [3.63, 3.8) is 0 Å². The van der Waals surface area contributed by atoms with E-state index in [1.54, 1.807) is 11.8 Å². The van der Waals surface area contributed by atoms with Crippen LogP contribution in [0.4, 0.5) is 4.79 Å². The highest BCUT2D eigenvalue weighted by molar-refractivity contribution is 5.71. The van der Waals surface area contributed by atoms with Gasteiger partial charge in [0.1, 0.15) is 6.29 Å². The van der Waals surface area contributed by atoms with Crippen LogP contribution in [-0.4, -0.2) is 36.0 Å². The minimum atomic E-state index is -0.246. The second-order valence-corrected chi connectivity index (χ2v) is 3.94. The fourth-order valence-electron chi connectivity index (χ4n) is 2.66. The fourth-order valence-corrected chi connectivity index (χ4v) is 2.66. The molecule has 2 bridgehead atoms. The normalized spacial score (nSPS) is 34.6. The lowest BCUT2D eigenvalue weighted by molar-refractivity contribution is -0.111. The molecule has 0 aromatic carbocycles. The molecule has 14 heavy (non-hydrogen) atoms. The van der Waals surface area contributed by atoms with Crippen LogP contribution in [0, 0.1) is 5.92 Å². The molecule has 0 aromatic heterocycles. The molecule has 0 aromatic rings. The first kappa shape index (κ1) is 9.49. The number of rotatable bonds is 2. The Morgan fingerprint density at radius 1 is 1.57 bits per heavy atom. The average molecular weight is 197 g/mol. The van der Waals surface area contributed by atoms with E-state index < -0.39 is 0 Å². The minimum Gasteiger partial charge on any atom is -0.450 e. The molecule has 2 saturated heterocycles. The molecule has 0 radical (unpaired) electrons.